The van der Waals surface area contributed by atoms with Crippen molar-refractivity contribution in [2.75, 3.05) is 5.32 Å². The van der Waals surface area contributed by atoms with E-state index in [9.17, 15) is 4.79 Å². The van der Waals surface area contributed by atoms with Crippen LogP contribution >= 0.6 is 0 Å². The molecule has 82 valence electrons. The largest absolute Gasteiger partial charge is 0.459 e. The second-order valence-corrected chi connectivity index (χ2v) is 3.53. The first-order chi connectivity index (χ1) is 8.29. The summed E-state index contributed by atoms with van der Waals surface area (Å²) in [6.45, 7) is 0. The first kappa shape index (κ1) is 11.6. The summed E-state index contributed by atoms with van der Waals surface area (Å²) >= 11 is 2.17. The van der Waals surface area contributed by atoms with Gasteiger partial charge in [-0.2, -0.15) is 0 Å². The summed E-state index contributed by atoms with van der Waals surface area (Å²) in [6, 6.07) is 8.83. The molecule has 0 unspecified atom stereocenters. The van der Waals surface area contributed by atoms with Gasteiger partial charge in [0, 0.05) is 18.0 Å². The van der Waals surface area contributed by atoms with Crippen LogP contribution in [0.5, 0.6) is 0 Å². The fourth-order valence-electron chi connectivity index (χ4n) is 1.29. The number of nitrogens with one attached hydrogen (secondary N) is 2. The third-order valence-electron chi connectivity index (χ3n) is 2.07. The van der Waals surface area contributed by atoms with Gasteiger partial charge >= 0.3 is 16.5 Å². The van der Waals surface area contributed by atoms with Gasteiger partial charge in [-0.3, -0.25) is 4.79 Å². The highest BCUT2D eigenvalue weighted by atomic mass is 27.1. The molecule has 0 aliphatic carbocycles. The lowest BCUT2D eigenvalue weighted by Crippen LogP contribution is -2.19. The molecule has 2 rings (SSSR count). The number of pyridine rings is 2. The molecule has 2 N–H and O–H groups in total. The second-order valence-electron chi connectivity index (χ2n) is 3.24. The van der Waals surface area contributed by atoms with E-state index >= 15 is 0 Å². The van der Waals surface area contributed by atoms with Crippen LogP contribution in [0, 0.1) is 0 Å². The first-order valence-corrected chi connectivity index (χ1v) is 5.52. The van der Waals surface area contributed by atoms with Gasteiger partial charge in [-0.05, 0) is 24.3 Å². The molecule has 0 saturated heterocycles. The summed E-state index contributed by atoms with van der Waals surface area (Å²) in [4.78, 5) is 19.6. The van der Waals surface area contributed by atoms with Crippen LogP contribution in [0.15, 0.2) is 42.7 Å². The maximum atomic E-state index is 11.4. The molecule has 0 aliphatic rings. The fourth-order valence-corrected chi connectivity index (χ4v) is 1.46. The number of hydrogen-bond acceptors (Lipinski definition) is 4. The molecular weight excluding hydrogens is 231 g/mol. The first-order valence-electron chi connectivity index (χ1n) is 4.94. The van der Waals surface area contributed by atoms with E-state index in [1.807, 2.05) is 18.2 Å². The van der Waals surface area contributed by atoms with Crippen molar-refractivity contribution in [3.05, 3.63) is 48.3 Å². The molecule has 0 saturated carbocycles. The Kier molecular flexibility index (Phi) is 3.70. The van der Waals surface area contributed by atoms with Gasteiger partial charge in [0.2, 0.25) is 5.91 Å². The summed E-state index contributed by atoms with van der Waals surface area (Å²) in [5.41, 5.74) is 0.536. The molecule has 2 aromatic rings. The number of amides is 1. The highest BCUT2D eigenvalue weighted by Gasteiger charge is 2.04. The molecule has 0 aromatic carbocycles. The van der Waals surface area contributed by atoms with Crippen LogP contribution in [0.2, 0.25) is 0 Å². The Morgan fingerprint density at radius 2 is 1.94 bits per heavy atom. The molecule has 17 heavy (non-hydrogen) atoms. The molecule has 2 heterocycles. The summed E-state index contributed by atoms with van der Waals surface area (Å²) < 4.78 is 2.48. The normalized spacial score (nSPS) is 9.65. The van der Waals surface area contributed by atoms with Crippen molar-refractivity contribution in [1.29, 1.82) is 0 Å². The van der Waals surface area contributed by atoms with Gasteiger partial charge in [0.05, 0.1) is 0 Å². The Bertz CT molecular complexity index is 518. The zero-order valence-corrected chi connectivity index (χ0v) is 10.1. The van der Waals surface area contributed by atoms with Crippen molar-refractivity contribution in [1.82, 2.24) is 14.3 Å². The minimum absolute atomic E-state index is 0.179. The van der Waals surface area contributed by atoms with Crippen molar-refractivity contribution >= 4 is 34.1 Å². The number of aromatic nitrogens is 2. The van der Waals surface area contributed by atoms with Gasteiger partial charge < -0.3 is 9.62 Å². The number of rotatable bonds is 3. The van der Waals surface area contributed by atoms with E-state index in [0.29, 0.717) is 17.2 Å². The molecule has 2 radical (unpaired) electrons. The number of nitrogens with zero attached hydrogens (tertiary/aromatic N) is 2. The number of anilines is 2. The van der Waals surface area contributed by atoms with Crippen LogP contribution in [0.3, 0.4) is 0 Å². The van der Waals surface area contributed by atoms with Crippen molar-refractivity contribution < 1.29 is 4.79 Å². The zero-order valence-electron chi connectivity index (χ0n) is 8.92. The van der Waals surface area contributed by atoms with Crippen molar-refractivity contribution in [2.45, 2.75) is 0 Å². The molecule has 0 spiro atoms. The standard InChI is InChI=1S/C11H10N4O.Al/c12-11(16)8-4-6-14-10(7-8)15-9-3-1-2-5-13-9;/h1-7H,(H3,12,13,14,15,16);/q;+1/p-1. The summed E-state index contributed by atoms with van der Waals surface area (Å²) in [7, 11) is 0. The lowest BCUT2D eigenvalue weighted by Gasteiger charge is -2.06. The van der Waals surface area contributed by atoms with Crippen LogP contribution in [-0.4, -0.2) is 32.4 Å². The molecular formula is C11H9AlN4O. The summed E-state index contributed by atoms with van der Waals surface area (Å²) in [6.07, 6.45) is 3.25. The minimum atomic E-state index is -0.179. The molecule has 2 aromatic heterocycles. The SMILES string of the molecule is O=C([NH][Al])c1ccnc(Nc2ccccn2)c1. The predicted octanol–water partition coefficient (Wildman–Crippen LogP) is 1.03. The van der Waals surface area contributed by atoms with Crippen molar-refractivity contribution in [3.8, 4) is 0 Å². The van der Waals surface area contributed by atoms with E-state index in [-0.39, 0.29) is 5.91 Å². The molecule has 1 amide bonds. The Labute approximate surface area is 107 Å². The molecule has 0 atom stereocenters. The Morgan fingerprint density at radius 3 is 2.65 bits per heavy atom. The highest BCUT2D eigenvalue weighted by molar-refractivity contribution is 6.18. The van der Waals surface area contributed by atoms with E-state index in [4.69, 9.17) is 0 Å². The third kappa shape index (κ3) is 3.03. The Hall–Kier alpha value is -1.90. The quantitative estimate of drug-likeness (QED) is 0.786. The zero-order chi connectivity index (χ0) is 12.1. The van der Waals surface area contributed by atoms with Gasteiger partial charge in [0.15, 0.2) is 0 Å². The van der Waals surface area contributed by atoms with Gasteiger partial charge in [-0.25, -0.2) is 9.97 Å². The summed E-state index contributed by atoms with van der Waals surface area (Å²) in [5, 5.41) is 3.01. The monoisotopic (exact) mass is 240 g/mol. The van der Waals surface area contributed by atoms with E-state index in [1.54, 1.807) is 24.5 Å². The van der Waals surface area contributed by atoms with Crippen LogP contribution < -0.4 is 9.62 Å². The summed E-state index contributed by atoms with van der Waals surface area (Å²) in [5.74, 6) is 1.08. The van der Waals surface area contributed by atoms with Crippen LogP contribution in [0.4, 0.5) is 11.6 Å². The average Bonchev–Trinajstić information content (AvgIpc) is 2.39. The predicted molar refractivity (Wildman–Crippen MR) is 65.0 cm³/mol. The number of carbonyl (C=O) groups excluding carboxylic acids is 1. The smallest absolute Gasteiger partial charge is 0.310 e. The van der Waals surface area contributed by atoms with Gasteiger partial charge in [-0.1, -0.05) is 6.07 Å². The molecule has 5 nitrogen and oxygen atoms in total. The van der Waals surface area contributed by atoms with Crippen LogP contribution in [0.1, 0.15) is 10.4 Å². The van der Waals surface area contributed by atoms with Crippen LogP contribution in [-0.2, 0) is 0 Å². The molecule has 0 fully saturated rings. The van der Waals surface area contributed by atoms with Gasteiger partial charge in [-0.15, -0.1) is 0 Å². The van der Waals surface area contributed by atoms with E-state index in [1.165, 1.54) is 0 Å². The number of carbonyl (C=O) groups is 1. The van der Waals surface area contributed by atoms with Gasteiger partial charge in [0.1, 0.15) is 11.6 Å². The molecule has 0 aliphatic heterocycles. The highest BCUT2D eigenvalue weighted by Crippen LogP contribution is 2.12. The van der Waals surface area contributed by atoms with Crippen molar-refractivity contribution in [2.24, 2.45) is 0 Å². The Morgan fingerprint density at radius 1 is 1.12 bits per heavy atom. The average molecular weight is 240 g/mol. The van der Waals surface area contributed by atoms with Crippen molar-refractivity contribution in [3.63, 3.8) is 0 Å². The van der Waals surface area contributed by atoms with E-state index in [2.05, 4.69) is 36.1 Å². The molecule has 6 heteroatoms. The second kappa shape index (κ2) is 5.44. The minimum Gasteiger partial charge on any atom is -0.459 e. The Balaban J connectivity index is 2.20. The fraction of sp³-hybridized carbons (Fsp3) is 0. The van der Waals surface area contributed by atoms with E-state index < -0.39 is 0 Å². The van der Waals surface area contributed by atoms with E-state index in [0.717, 1.165) is 0 Å². The third-order valence-corrected chi connectivity index (χ3v) is 2.34. The molecule has 0 bridgehead atoms. The lowest BCUT2D eigenvalue weighted by molar-refractivity contribution is 0.0981. The number of hydrogen-bond donors (Lipinski definition) is 2. The lowest BCUT2D eigenvalue weighted by atomic mass is 10.2. The topological polar surface area (TPSA) is 66.9 Å². The maximum Gasteiger partial charge on any atom is 0.310 e. The van der Waals surface area contributed by atoms with Gasteiger partial charge in [0.25, 0.3) is 0 Å². The van der Waals surface area contributed by atoms with Crippen LogP contribution in [0.25, 0.3) is 0 Å². The maximum absolute atomic E-state index is 11.4.